The number of hydrogen-bond donors (Lipinski definition) is 1. The molecule has 1 aromatic rings. The summed E-state index contributed by atoms with van der Waals surface area (Å²) in [5.74, 6) is 0. The Hall–Kier alpha value is -0.280. The maximum absolute atomic E-state index is 6.16. The molecule has 0 bridgehead atoms. The topological polar surface area (TPSA) is 15.3 Å². The van der Waals surface area contributed by atoms with Gasteiger partial charge >= 0.3 is 0 Å². The van der Waals surface area contributed by atoms with Gasteiger partial charge in [0.05, 0.1) is 0 Å². The number of benzene rings is 1. The monoisotopic (exact) mass is 274 g/mol. The van der Waals surface area contributed by atoms with E-state index in [9.17, 15) is 0 Å². The highest BCUT2D eigenvalue weighted by Crippen LogP contribution is 2.21. The molecular weight excluding hydrogens is 255 g/mol. The second kappa shape index (κ2) is 7.93. The molecule has 0 aliphatic heterocycles. The molecule has 0 fully saturated rings. The standard InChI is InChI=1S/C13H20Cl2N2/c1-3-16-7-8-17(4-2)10-11-9-12(14)5-6-13(11)15/h5-6,9,16H,3-4,7-8,10H2,1-2H3. The predicted molar refractivity (Wildman–Crippen MR) is 76.0 cm³/mol. The highest BCUT2D eigenvalue weighted by molar-refractivity contribution is 6.33. The van der Waals surface area contributed by atoms with Gasteiger partial charge in [0.1, 0.15) is 0 Å². The number of hydrogen-bond acceptors (Lipinski definition) is 2. The van der Waals surface area contributed by atoms with Crippen molar-refractivity contribution in [2.75, 3.05) is 26.2 Å². The lowest BCUT2D eigenvalue weighted by Crippen LogP contribution is -2.31. The van der Waals surface area contributed by atoms with Gasteiger partial charge in [-0.15, -0.1) is 0 Å². The molecule has 2 nitrogen and oxygen atoms in total. The van der Waals surface area contributed by atoms with Crippen LogP contribution >= 0.6 is 23.2 Å². The molecule has 0 radical (unpaired) electrons. The van der Waals surface area contributed by atoms with Crippen molar-refractivity contribution in [3.05, 3.63) is 33.8 Å². The molecule has 17 heavy (non-hydrogen) atoms. The van der Waals surface area contributed by atoms with Gasteiger partial charge in [-0.25, -0.2) is 0 Å². The van der Waals surface area contributed by atoms with Gasteiger partial charge in [0, 0.05) is 29.7 Å². The van der Waals surface area contributed by atoms with Gasteiger partial charge in [-0.05, 0) is 36.9 Å². The minimum Gasteiger partial charge on any atom is -0.316 e. The van der Waals surface area contributed by atoms with E-state index in [1.54, 1.807) is 0 Å². The molecule has 96 valence electrons. The van der Waals surface area contributed by atoms with Gasteiger partial charge in [-0.2, -0.15) is 0 Å². The van der Waals surface area contributed by atoms with Crippen LogP contribution in [-0.2, 0) is 6.54 Å². The van der Waals surface area contributed by atoms with Crippen LogP contribution in [0.25, 0.3) is 0 Å². The van der Waals surface area contributed by atoms with Gasteiger partial charge in [0.15, 0.2) is 0 Å². The Morgan fingerprint density at radius 3 is 2.65 bits per heavy atom. The lowest BCUT2D eigenvalue weighted by Gasteiger charge is -2.21. The lowest BCUT2D eigenvalue weighted by atomic mass is 10.2. The molecular formula is C13H20Cl2N2. The van der Waals surface area contributed by atoms with Gasteiger partial charge in [0.25, 0.3) is 0 Å². The molecule has 4 heteroatoms. The van der Waals surface area contributed by atoms with Crippen LogP contribution in [0.2, 0.25) is 10.0 Å². The van der Waals surface area contributed by atoms with E-state index in [1.807, 2.05) is 18.2 Å². The fraction of sp³-hybridized carbons (Fsp3) is 0.538. The van der Waals surface area contributed by atoms with Crippen LogP contribution in [0.4, 0.5) is 0 Å². The number of rotatable bonds is 7. The zero-order chi connectivity index (χ0) is 12.7. The van der Waals surface area contributed by atoms with E-state index < -0.39 is 0 Å². The minimum atomic E-state index is 0.743. The normalized spacial score (nSPS) is 11.1. The van der Waals surface area contributed by atoms with Crippen LogP contribution in [0, 0.1) is 0 Å². The molecule has 0 spiro atoms. The first-order valence-corrected chi connectivity index (χ1v) is 6.80. The number of nitrogens with zero attached hydrogens (tertiary/aromatic N) is 1. The Balaban J connectivity index is 2.57. The summed E-state index contributed by atoms with van der Waals surface area (Å²) in [4.78, 5) is 2.35. The molecule has 0 amide bonds. The van der Waals surface area contributed by atoms with Crippen molar-refractivity contribution in [3.63, 3.8) is 0 Å². The fourth-order valence-corrected chi connectivity index (χ4v) is 2.04. The summed E-state index contributed by atoms with van der Waals surface area (Å²) in [5.41, 5.74) is 1.09. The largest absolute Gasteiger partial charge is 0.316 e. The van der Waals surface area contributed by atoms with Crippen LogP contribution in [0.3, 0.4) is 0 Å². The quantitative estimate of drug-likeness (QED) is 0.767. The van der Waals surface area contributed by atoms with Gasteiger partial charge < -0.3 is 5.32 Å². The summed E-state index contributed by atoms with van der Waals surface area (Å²) in [6.07, 6.45) is 0. The average molecular weight is 275 g/mol. The zero-order valence-electron chi connectivity index (χ0n) is 10.5. The Bertz CT molecular complexity index is 342. The molecule has 1 rings (SSSR count). The average Bonchev–Trinajstić information content (AvgIpc) is 2.32. The van der Waals surface area contributed by atoms with Crippen molar-refractivity contribution in [1.82, 2.24) is 10.2 Å². The number of nitrogens with one attached hydrogen (secondary N) is 1. The summed E-state index contributed by atoms with van der Waals surface area (Å²) in [5, 5.41) is 4.86. The van der Waals surface area contributed by atoms with Gasteiger partial charge in [0.2, 0.25) is 0 Å². The Morgan fingerprint density at radius 1 is 1.24 bits per heavy atom. The molecule has 1 aromatic carbocycles. The molecule has 0 saturated carbocycles. The third-order valence-electron chi connectivity index (χ3n) is 2.70. The molecule has 0 aromatic heterocycles. The van der Waals surface area contributed by atoms with Crippen LogP contribution in [0.5, 0.6) is 0 Å². The lowest BCUT2D eigenvalue weighted by molar-refractivity contribution is 0.280. The third-order valence-corrected chi connectivity index (χ3v) is 3.31. The Labute approximate surface area is 114 Å². The van der Waals surface area contributed by atoms with Crippen LogP contribution < -0.4 is 5.32 Å². The second-order valence-electron chi connectivity index (χ2n) is 3.96. The molecule has 0 unspecified atom stereocenters. The maximum atomic E-state index is 6.16. The van der Waals surface area contributed by atoms with E-state index in [1.165, 1.54) is 0 Å². The van der Waals surface area contributed by atoms with Gasteiger partial charge in [-0.3, -0.25) is 4.90 Å². The third kappa shape index (κ3) is 5.26. The van der Waals surface area contributed by atoms with Crippen LogP contribution in [-0.4, -0.2) is 31.1 Å². The fourth-order valence-electron chi connectivity index (χ4n) is 1.67. The molecule has 0 atom stereocenters. The van der Waals surface area contributed by atoms with Crippen molar-refractivity contribution >= 4 is 23.2 Å². The van der Waals surface area contributed by atoms with Crippen molar-refractivity contribution < 1.29 is 0 Å². The summed E-state index contributed by atoms with van der Waals surface area (Å²) in [6, 6.07) is 5.62. The van der Waals surface area contributed by atoms with Crippen molar-refractivity contribution in [3.8, 4) is 0 Å². The molecule has 0 aliphatic carbocycles. The van der Waals surface area contributed by atoms with E-state index in [2.05, 4.69) is 24.1 Å². The van der Waals surface area contributed by atoms with E-state index in [4.69, 9.17) is 23.2 Å². The molecule has 0 saturated heterocycles. The maximum Gasteiger partial charge on any atom is 0.0452 e. The molecule has 0 aliphatic rings. The summed E-state index contributed by atoms with van der Waals surface area (Å²) in [6.45, 7) is 9.16. The SMILES string of the molecule is CCNCCN(CC)Cc1cc(Cl)ccc1Cl. The van der Waals surface area contributed by atoms with E-state index >= 15 is 0 Å². The zero-order valence-corrected chi connectivity index (χ0v) is 12.0. The first kappa shape index (κ1) is 14.8. The predicted octanol–water partition coefficient (Wildman–Crippen LogP) is 3.42. The Kier molecular flexibility index (Phi) is 6.90. The smallest absolute Gasteiger partial charge is 0.0452 e. The van der Waals surface area contributed by atoms with Crippen molar-refractivity contribution in [1.29, 1.82) is 0 Å². The first-order chi connectivity index (χ1) is 8.17. The van der Waals surface area contributed by atoms with E-state index in [0.717, 1.165) is 48.3 Å². The number of halogens is 2. The van der Waals surface area contributed by atoms with Crippen molar-refractivity contribution in [2.24, 2.45) is 0 Å². The number of likely N-dealkylation sites (N-methyl/N-ethyl adjacent to an activating group) is 2. The first-order valence-electron chi connectivity index (χ1n) is 6.04. The van der Waals surface area contributed by atoms with Gasteiger partial charge in [-0.1, -0.05) is 37.0 Å². The summed E-state index contributed by atoms with van der Waals surface area (Å²) >= 11 is 12.1. The summed E-state index contributed by atoms with van der Waals surface area (Å²) < 4.78 is 0. The molecule has 0 heterocycles. The molecule has 1 N–H and O–H groups in total. The highest BCUT2D eigenvalue weighted by atomic mass is 35.5. The van der Waals surface area contributed by atoms with E-state index in [-0.39, 0.29) is 0 Å². The minimum absolute atomic E-state index is 0.743. The second-order valence-corrected chi connectivity index (χ2v) is 4.80. The van der Waals surface area contributed by atoms with Crippen molar-refractivity contribution in [2.45, 2.75) is 20.4 Å². The summed E-state index contributed by atoms with van der Waals surface area (Å²) in [7, 11) is 0. The van der Waals surface area contributed by atoms with Crippen LogP contribution in [0.15, 0.2) is 18.2 Å². The highest BCUT2D eigenvalue weighted by Gasteiger charge is 2.07. The van der Waals surface area contributed by atoms with Crippen LogP contribution in [0.1, 0.15) is 19.4 Å². The van der Waals surface area contributed by atoms with E-state index in [0.29, 0.717) is 0 Å². The Morgan fingerprint density at radius 2 is 2.00 bits per heavy atom.